The van der Waals surface area contributed by atoms with Crippen LogP contribution in [0, 0.1) is 17.3 Å². The molecule has 1 aromatic rings. The molecule has 5 heteroatoms. The maximum atomic E-state index is 11.7. The Hall–Kier alpha value is -2.32. The van der Waals surface area contributed by atoms with Crippen LogP contribution < -0.4 is 5.32 Å². The summed E-state index contributed by atoms with van der Waals surface area (Å²) in [6.45, 7) is 1.82. The normalized spacial score (nSPS) is 24.6. The van der Waals surface area contributed by atoms with Gasteiger partial charge in [0.2, 0.25) is 0 Å². The summed E-state index contributed by atoms with van der Waals surface area (Å²) in [6, 6.07) is 8.53. The molecule has 1 fully saturated rings. The van der Waals surface area contributed by atoms with Crippen molar-refractivity contribution < 1.29 is 19.4 Å². The van der Waals surface area contributed by atoms with Crippen LogP contribution in [-0.4, -0.2) is 36.2 Å². The van der Waals surface area contributed by atoms with Gasteiger partial charge in [0.25, 0.3) is 5.91 Å². The Morgan fingerprint density at radius 3 is 2.75 bits per heavy atom. The molecule has 0 aliphatic carbocycles. The topological polar surface area (TPSA) is 75.6 Å². The summed E-state index contributed by atoms with van der Waals surface area (Å²) in [5, 5.41) is 11.8. The zero-order valence-corrected chi connectivity index (χ0v) is 11.1. The number of rotatable bonds is 2. The minimum Gasteiger partial charge on any atom is -0.481 e. The van der Waals surface area contributed by atoms with Gasteiger partial charge in [-0.15, -0.1) is 0 Å². The third kappa shape index (κ3) is 2.98. The highest BCUT2D eigenvalue weighted by Gasteiger charge is 2.47. The molecule has 2 rings (SSSR count). The largest absolute Gasteiger partial charge is 0.481 e. The zero-order chi connectivity index (χ0) is 14.6. The number of carboxylic acid groups (broad SMARTS) is 1. The molecule has 0 bridgehead atoms. The Labute approximate surface area is 116 Å². The lowest BCUT2D eigenvalue weighted by Gasteiger charge is -2.24. The van der Waals surface area contributed by atoms with Crippen molar-refractivity contribution in [3.63, 3.8) is 0 Å². The van der Waals surface area contributed by atoms with Crippen LogP contribution in [0.1, 0.15) is 12.5 Å². The number of benzene rings is 1. The highest BCUT2D eigenvalue weighted by Crippen LogP contribution is 2.28. The summed E-state index contributed by atoms with van der Waals surface area (Å²) < 4.78 is 5.15. The standard InChI is InChI=1S/C15H15NO4/c1-15(14(18)19)10-20-9-12(15)16-13(17)8-7-11-5-3-2-4-6-11/h2-6,12H,9-10H2,1H3,(H,16,17)(H,18,19). The molecule has 0 saturated carbocycles. The summed E-state index contributed by atoms with van der Waals surface area (Å²) in [7, 11) is 0. The van der Waals surface area contributed by atoms with E-state index in [1.165, 1.54) is 0 Å². The average Bonchev–Trinajstić information content (AvgIpc) is 2.80. The third-order valence-electron chi connectivity index (χ3n) is 3.34. The van der Waals surface area contributed by atoms with E-state index in [0.717, 1.165) is 5.56 Å². The lowest BCUT2D eigenvalue weighted by atomic mass is 9.85. The molecule has 2 atom stereocenters. The molecule has 0 spiro atoms. The number of nitrogens with one attached hydrogen (secondary N) is 1. The van der Waals surface area contributed by atoms with Crippen molar-refractivity contribution in [3.8, 4) is 11.8 Å². The number of hydrogen-bond acceptors (Lipinski definition) is 3. The molecule has 0 aromatic heterocycles. The first-order valence-corrected chi connectivity index (χ1v) is 6.21. The molecule has 1 aliphatic rings. The average molecular weight is 273 g/mol. The molecule has 1 saturated heterocycles. The van der Waals surface area contributed by atoms with Gasteiger partial charge in [-0.05, 0) is 19.1 Å². The number of carbonyl (C=O) groups excluding carboxylic acids is 1. The monoisotopic (exact) mass is 273 g/mol. The molecule has 20 heavy (non-hydrogen) atoms. The van der Waals surface area contributed by atoms with E-state index in [4.69, 9.17) is 4.74 Å². The first-order valence-electron chi connectivity index (χ1n) is 6.21. The van der Waals surface area contributed by atoms with Gasteiger partial charge in [0.15, 0.2) is 0 Å². The number of carbonyl (C=O) groups is 2. The van der Waals surface area contributed by atoms with Crippen molar-refractivity contribution >= 4 is 11.9 Å². The lowest BCUT2D eigenvalue weighted by molar-refractivity contribution is -0.148. The summed E-state index contributed by atoms with van der Waals surface area (Å²) in [5.74, 6) is 3.69. The highest BCUT2D eigenvalue weighted by molar-refractivity contribution is 5.94. The van der Waals surface area contributed by atoms with E-state index in [-0.39, 0.29) is 13.2 Å². The van der Waals surface area contributed by atoms with Crippen LogP contribution in [0.25, 0.3) is 0 Å². The summed E-state index contributed by atoms with van der Waals surface area (Å²) in [5.41, 5.74) is -0.379. The predicted octanol–water partition coefficient (Wildman–Crippen LogP) is 0.644. The van der Waals surface area contributed by atoms with Gasteiger partial charge in [0.05, 0.1) is 19.3 Å². The Kier molecular flexibility index (Phi) is 4.06. The van der Waals surface area contributed by atoms with Crippen molar-refractivity contribution in [2.24, 2.45) is 5.41 Å². The van der Waals surface area contributed by atoms with Gasteiger partial charge in [-0.1, -0.05) is 24.1 Å². The molecule has 0 radical (unpaired) electrons. The molecule has 1 aromatic carbocycles. The van der Waals surface area contributed by atoms with E-state index in [2.05, 4.69) is 17.2 Å². The van der Waals surface area contributed by atoms with E-state index in [0.29, 0.717) is 0 Å². The van der Waals surface area contributed by atoms with Crippen LogP contribution in [-0.2, 0) is 14.3 Å². The lowest BCUT2D eigenvalue weighted by Crippen LogP contribution is -2.49. The van der Waals surface area contributed by atoms with Crippen molar-refractivity contribution in [2.45, 2.75) is 13.0 Å². The first kappa shape index (κ1) is 14.1. The van der Waals surface area contributed by atoms with Gasteiger partial charge >= 0.3 is 5.97 Å². The molecule has 104 valence electrons. The second-order valence-electron chi connectivity index (χ2n) is 4.88. The summed E-state index contributed by atoms with van der Waals surface area (Å²) in [6.07, 6.45) is 0. The second kappa shape index (κ2) is 5.76. The fourth-order valence-corrected chi connectivity index (χ4v) is 1.93. The Balaban J connectivity index is 2.02. The summed E-state index contributed by atoms with van der Waals surface area (Å²) in [4.78, 5) is 23.0. The molecule has 5 nitrogen and oxygen atoms in total. The number of aliphatic carboxylic acids is 1. The quantitative estimate of drug-likeness (QED) is 0.776. The number of ether oxygens (including phenoxy) is 1. The van der Waals surface area contributed by atoms with Crippen molar-refractivity contribution in [1.82, 2.24) is 5.32 Å². The Morgan fingerprint density at radius 1 is 1.40 bits per heavy atom. The molecular formula is C15H15NO4. The van der Waals surface area contributed by atoms with E-state index in [9.17, 15) is 14.7 Å². The van der Waals surface area contributed by atoms with Crippen LogP contribution in [0.15, 0.2) is 30.3 Å². The Bertz CT molecular complexity index is 573. The predicted molar refractivity (Wildman–Crippen MR) is 71.8 cm³/mol. The molecule has 2 N–H and O–H groups in total. The van der Waals surface area contributed by atoms with E-state index in [1.807, 2.05) is 18.2 Å². The molecule has 1 aliphatic heterocycles. The van der Waals surface area contributed by atoms with Crippen molar-refractivity contribution in [2.75, 3.05) is 13.2 Å². The fourth-order valence-electron chi connectivity index (χ4n) is 1.93. The number of amides is 1. The van der Waals surface area contributed by atoms with Gasteiger partial charge in [-0.2, -0.15) is 0 Å². The van der Waals surface area contributed by atoms with Gasteiger partial charge in [0, 0.05) is 11.5 Å². The SMILES string of the molecule is CC1(C(=O)O)COCC1NC(=O)C#Cc1ccccc1. The Morgan fingerprint density at radius 2 is 2.10 bits per heavy atom. The minimum absolute atomic E-state index is 0.0827. The minimum atomic E-state index is -1.11. The molecule has 2 unspecified atom stereocenters. The summed E-state index contributed by atoms with van der Waals surface area (Å²) >= 11 is 0. The molecular weight excluding hydrogens is 258 g/mol. The van der Waals surface area contributed by atoms with Crippen LogP contribution >= 0.6 is 0 Å². The first-order chi connectivity index (χ1) is 9.52. The van der Waals surface area contributed by atoms with Crippen molar-refractivity contribution in [3.05, 3.63) is 35.9 Å². The maximum absolute atomic E-state index is 11.7. The molecule has 1 heterocycles. The second-order valence-corrected chi connectivity index (χ2v) is 4.88. The third-order valence-corrected chi connectivity index (χ3v) is 3.34. The number of carboxylic acids is 1. The van der Waals surface area contributed by atoms with E-state index >= 15 is 0 Å². The molecule has 1 amide bonds. The zero-order valence-electron chi connectivity index (χ0n) is 11.1. The number of hydrogen-bond donors (Lipinski definition) is 2. The van der Waals surface area contributed by atoms with Crippen LogP contribution in [0.4, 0.5) is 0 Å². The van der Waals surface area contributed by atoms with Gasteiger partial charge in [-0.3, -0.25) is 9.59 Å². The van der Waals surface area contributed by atoms with Crippen LogP contribution in [0.2, 0.25) is 0 Å². The highest BCUT2D eigenvalue weighted by atomic mass is 16.5. The van der Waals surface area contributed by atoms with Crippen molar-refractivity contribution in [1.29, 1.82) is 0 Å². The smallest absolute Gasteiger partial charge is 0.313 e. The van der Waals surface area contributed by atoms with Gasteiger partial charge in [-0.25, -0.2) is 0 Å². The van der Waals surface area contributed by atoms with Gasteiger partial charge in [0.1, 0.15) is 5.41 Å². The van der Waals surface area contributed by atoms with Gasteiger partial charge < -0.3 is 15.2 Å². The van der Waals surface area contributed by atoms with Crippen LogP contribution in [0.3, 0.4) is 0 Å². The van der Waals surface area contributed by atoms with Crippen LogP contribution in [0.5, 0.6) is 0 Å². The maximum Gasteiger partial charge on any atom is 0.313 e. The fraction of sp³-hybridized carbons (Fsp3) is 0.333. The van der Waals surface area contributed by atoms with E-state index < -0.39 is 23.3 Å². The van der Waals surface area contributed by atoms with E-state index in [1.54, 1.807) is 19.1 Å².